The Labute approximate surface area is 262 Å². The molecular weight excluding hydrogens is 560 g/mol. The molecule has 3 saturated carbocycles. The van der Waals surface area contributed by atoms with Crippen LogP contribution < -0.4 is 9.64 Å². The maximum absolute atomic E-state index is 14.0. The zero-order valence-corrected chi connectivity index (χ0v) is 25.7. The molecule has 8 nitrogen and oxygen atoms in total. The highest BCUT2D eigenvalue weighted by atomic mass is 16.5. The molecule has 4 atom stereocenters. The van der Waals surface area contributed by atoms with E-state index in [1.165, 1.54) is 31.4 Å². The molecule has 0 bridgehead atoms. The number of methoxy groups -OCH3 is 1. The van der Waals surface area contributed by atoms with E-state index in [0.717, 1.165) is 83.9 Å². The number of benzene rings is 2. The van der Waals surface area contributed by atoms with Gasteiger partial charge in [-0.05, 0) is 91.8 Å². The van der Waals surface area contributed by atoms with Gasteiger partial charge in [0, 0.05) is 67.5 Å². The molecule has 5 aromatic rings. The highest BCUT2D eigenvalue weighted by Gasteiger charge is 2.61. The molecule has 0 spiro atoms. The number of pyridine rings is 1. The van der Waals surface area contributed by atoms with Crippen molar-refractivity contribution < 1.29 is 9.53 Å². The van der Waals surface area contributed by atoms with Gasteiger partial charge >= 0.3 is 0 Å². The van der Waals surface area contributed by atoms with Crippen molar-refractivity contribution in [2.45, 2.75) is 44.8 Å². The first-order chi connectivity index (χ1) is 22.1. The predicted molar refractivity (Wildman–Crippen MR) is 174 cm³/mol. The van der Waals surface area contributed by atoms with Crippen LogP contribution in [0.3, 0.4) is 0 Å². The zero-order chi connectivity index (χ0) is 29.8. The molecular formula is C37H38N6O2. The summed E-state index contributed by atoms with van der Waals surface area (Å²) in [5, 5.41) is 1.14. The molecule has 3 aliphatic carbocycles. The van der Waals surface area contributed by atoms with E-state index in [1.807, 2.05) is 24.4 Å². The van der Waals surface area contributed by atoms with Crippen molar-refractivity contribution in [1.29, 1.82) is 0 Å². The summed E-state index contributed by atoms with van der Waals surface area (Å²) in [4.78, 5) is 28.8. The quantitative estimate of drug-likeness (QED) is 0.216. The van der Waals surface area contributed by atoms with Gasteiger partial charge in [0.1, 0.15) is 16.9 Å². The highest BCUT2D eigenvalue weighted by Crippen LogP contribution is 2.60. The average molecular weight is 599 g/mol. The van der Waals surface area contributed by atoms with Crippen molar-refractivity contribution in [3.8, 4) is 17.3 Å². The Morgan fingerprint density at radius 3 is 2.53 bits per heavy atom. The lowest BCUT2D eigenvalue weighted by Crippen LogP contribution is -2.53. The van der Waals surface area contributed by atoms with E-state index in [2.05, 4.69) is 61.4 Å². The monoisotopic (exact) mass is 598 g/mol. The molecule has 5 aliphatic rings. The third kappa shape index (κ3) is 3.93. The molecule has 2 aromatic carbocycles. The summed E-state index contributed by atoms with van der Waals surface area (Å²) in [6.45, 7) is 4.67. The number of nitrogens with zero attached hydrogens (tertiary/aromatic N) is 6. The molecule has 1 amide bonds. The number of rotatable bonds is 8. The van der Waals surface area contributed by atoms with Crippen molar-refractivity contribution in [3.05, 3.63) is 72.4 Å². The number of hydrogen-bond donors (Lipinski definition) is 0. The van der Waals surface area contributed by atoms with E-state index < -0.39 is 0 Å². The first-order valence-electron chi connectivity index (χ1n) is 16.8. The third-order valence-corrected chi connectivity index (χ3v) is 11.6. The first-order valence-corrected chi connectivity index (χ1v) is 16.8. The van der Waals surface area contributed by atoms with Crippen LogP contribution in [0.4, 0.5) is 5.69 Å². The van der Waals surface area contributed by atoms with E-state index in [9.17, 15) is 4.79 Å². The second-order valence-electron chi connectivity index (χ2n) is 14.3. The van der Waals surface area contributed by atoms with Crippen LogP contribution in [-0.4, -0.2) is 62.7 Å². The Kier molecular flexibility index (Phi) is 5.53. The minimum atomic E-state index is 0.133. The summed E-state index contributed by atoms with van der Waals surface area (Å²) < 4.78 is 10.8. The number of aromatic nitrogens is 4. The molecule has 45 heavy (non-hydrogen) atoms. The van der Waals surface area contributed by atoms with E-state index in [0.29, 0.717) is 29.4 Å². The van der Waals surface area contributed by atoms with Crippen LogP contribution in [0.15, 0.2) is 66.9 Å². The maximum atomic E-state index is 14.0. The lowest BCUT2D eigenvalue weighted by molar-refractivity contribution is -0.0204. The molecule has 2 aliphatic heterocycles. The lowest BCUT2D eigenvalue weighted by atomic mass is 9.53. The Hall–Kier alpha value is -4.33. The van der Waals surface area contributed by atoms with Crippen LogP contribution in [0.2, 0.25) is 0 Å². The maximum Gasteiger partial charge on any atom is 0.254 e. The average Bonchev–Trinajstić information content (AvgIpc) is 3.68. The lowest BCUT2D eigenvalue weighted by Gasteiger charge is -2.52. The summed E-state index contributed by atoms with van der Waals surface area (Å²) in [5.74, 6) is 5.25. The fraction of sp³-hybridized carbons (Fsp3) is 0.432. The SMILES string of the molecule is COc1cc(C(=O)N2CC3CC4CC2[C@H]43)cc2nc(-c3cc4cccnc4n3CC3CC3)n(CC3CN(c4ccccc4)C3)c12. The van der Waals surface area contributed by atoms with E-state index in [4.69, 9.17) is 14.7 Å². The molecule has 3 unspecified atom stereocenters. The fourth-order valence-electron chi connectivity index (χ4n) is 9.06. The molecule has 0 N–H and O–H groups in total. The number of hydrogen-bond acceptors (Lipinski definition) is 5. The van der Waals surface area contributed by atoms with Gasteiger partial charge in [0.25, 0.3) is 5.91 Å². The second kappa shape index (κ2) is 9.59. The Bertz CT molecular complexity index is 1970. The summed E-state index contributed by atoms with van der Waals surface area (Å²) in [6, 6.07) is 21.5. The summed E-state index contributed by atoms with van der Waals surface area (Å²) in [7, 11) is 1.72. The minimum Gasteiger partial charge on any atom is -0.494 e. The topological polar surface area (TPSA) is 68.4 Å². The number of imidazole rings is 1. The highest BCUT2D eigenvalue weighted by molar-refractivity contribution is 6.00. The third-order valence-electron chi connectivity index (χ3n) is 11.6. The van der Waals surface area contributed by atoms with Crippen LogP contribution in [0.1, 0.15) is 36.0 Å². The summed E-state index contributed by atoms with van der Waals surface area (Å²) >= 11 is 0. The van der Waals surface area contributed by atoms with E-state index >= 15 is 0 Å². The molecule has 0 radical (unpaired) electrons. The van der Waals surface area contributed by atoms with Gasteiger partial charge < -0.3 is 23.7 Å². The Balaban J connectivity index is 1.08. The number of likely N-dealkylation sites (tertiary alicyclic amines) is 1. The standard InChI is InChI=1S/C37H38N6O2/c1-45-32-16-26(37(44)42-21-27-12-25-15-30(42)33(25)27)13-29-34(32)43(20-23-17-40(18-23)28-7-3-2-4-8-28)36(39-29)31-14-24-6-5-11-38-35(24)41(31)19-22-9-10-22/h2-8,11,13-14,16,22-23,25,27,30,33H,9-10,12,15,17-21H2,1H3/t25?,27?,30?,33-/m1/s1. The number of fused-ring (bicyclic) bond motifs is 2. The van der Waals surface area contributed by atoms with Crippen LogP contribution >= 0.6 is 0 Å². The first kappa shape index (κ1) is 25.9. The van der Waals surface area contributed by atoms with Gasteiger partial charge in [0.2, 0.25) is 0 Å². The van der Waals surface area contributed by atoms with Gasteiger partial charge in [-0.15, -0.1) is 0 Å². The van der Waals surface area contributed by atoms with Crippen molar-refractivity contribution in [2.24, 2.45) is 29.6 Å². The number of carbonyl (C=O) groups is 1. The molecule has 5 heterocycles. The van der Waals surface area contributed by atoms with Crippen molar-refractivity contribution in [1.82, 2.24) is 24.0 Å². The van der Waals surface area contributed by atoms with Gasteiger partial charge in [0.15, 0.2) is 5.82 Å². The van der Waals surface area contributed by atoms with Crippen molar-refractivity contribution >= 4 is 33.7 Å². The number of para-hydroxylation sites is 1. The number of amides is 1. The summed E-state index contributed by atoms with van der Waals surface area (Å²) in [6.07, 6.45) is 6.89. The largest absolute Gasteiger partial charge is 0.494 e. The molecule has 10 rings (SSSR count). The predicted octanol–water partition coefficient (Wildman–Crippen LogP) is 6.09. The van der Waals surface area contributed by atoms with E-state index in [-0.39, 0.29) is 5.91 Å². The molecule has 5 fully saturated rings. The fourth-order valence-corrected chi connectivity index (χ4v) is 9.06. The van der Waals surface area contributed by atoms with Crippen molar-refractivity contribution in [3.63, 3.8) is 0 Å². The van der Waals surface area contributed by atoms with Crippen LogP contribution in [0.5, 0.6) is 5.75 Å². The van der Waals surface area contributed by atoms with Gasteiger partial charge in [-0.3, -0.25) is 4.79 Å². The Morgan fingerprint density at radius 1 is 0.911 bits per heavy atom. The number of anilines is 1. The van der Waals surface area contributed by atoms with E-state index in [1.54, 1.807) is 7.11 Å². The molecule has 3 aromatic heterocycles. The molecule has 228 valence electrons. The molecule has 8 heteroatoms. The summed E-state index contributed by atoms with van der Waals surface area (Å²) in [5.41, 5.74) is 5.88. The van der Waals surface area contributed by atoms with Gasteiger partial charge in [-0.1, -0.05) is 18.2 Å². The zero-order valence-electron chi connectivity index (χ0n) is 25.7. The minimum absolute atomic E-state index is 0.133. The second-order valence-corrected chi connectivity index (χ2v) is 14.3. The van der Waals surface area contributed by atoms with Crippen LogP contribution in [0, 0.1) is 29.6 Å². The number of carbonyl (C=O) groups excluding carboxylic acids is 1. The van der Waals surface area contributed by atoms with Gasteiger partial charge in [-0.25, -0.2) is 9.97 Å². The van der Waals surface area contributed by atoms with Crippen LogP contribution in [0.25, 0.3) is 33.6 Å². The normalized spacial score (nSPS) is 25.3. The smallest absolute Gasteiger partial charge is 0.254 e. The molecule has 2 saturated heterocycles. The van der Waals surface area contributed by atoms with Gasteiger partial charge in [0.05, 0.1) is 18.3 Å². The van der Waals surface area contributed by atoms with Crippen molar-refractivity contribution in [2.75, 3.05) is 31.6 Å². The number of ether oxygens (including phenoxy) is 1. The Morgan fingerprint density at radius 2 is 1.76 bits per heavy atom. The van der Waals surface area contributed by atoms with Crippen LogP contribution in [-0.2, 0) is 13.1 Å². The van der Waals surface area contributed by atoms with Gasteiger partial charge in [-0.2, -0.15) is 0 Å².